The normalized spacial score (nSPS) is 10.6. The molecule has 0 radical (unpaired) electrons. The van der Waals surface area contributed by atoms with Gasteiger partial charge < -0.3 is 5.32 Å². The number of rotatable bonds is 5. The van der Waals surface area contributed by atoms with Crippen LogP contribution >= 0.6 is 23.2 Å². The Bertz CT molecular complexity index is 848. The lowest BCUT2D eigenvalue weighted by molar-refractivity contribution is -0.116. The van der Waals surface area contributed by atoms with Gasteiger partial charge in [0.2, 0.25) is 11.7 Å². The summed E-state index contributed by atoms with van der Waals surface area (Å²) in [6.45, 7) is 0.316. The second-order valence-corrected chi connectivity index (χ2v) is 5.84. The number of tetrazole rings is 1. The lowest BCUT2D eigenvalue weighted by Gasteiger charge is -2.06. The van der Waals surface area contributed by atoms with Gasteiger partial charge in [0.25, 0.3) is 0 Å². The zero-order valence-electron chi connectivity index (χ0n) is 12.5. The van der Waals surface area contributed by atoms with Crippen molar-refractivity contribution in [3.63, 3.8) is 0 Å². The number of para-hydroxylation sites is 1. The molecule has 2 aromatic carbocycles. The molecule has 0 aliphatic heterocycles. The number of aryl methyl sites for hydroxylation is 1. The van der Waals surface area contributed by atoms with Crippen molar-refractivity contribution in [3.05, 3.63) is 58.6 Å². The van der Waals surface area contributed by atoms with Crippen molar-refractivity contribution >= 4 is 34.8 Å². The van der Waals surface area contributed by atoms with E-state index in [-0.39, 0.29) is 12.3 Å². The molecule has 0 aliphatic carbocycles. The zero-order chi connectivity index (χ0) is 16.9. The maximum atomic E-state index is 12.0. The first-order chi connectivity index (χ1) is 11.6. The quantitative estimate of drug-likeness (QED) is 0.752. The maximum Gasteiger partial charge on any atom is 0.226 e. The first-order valence-electron chi connectivity index (χ1n) is 7.20. The van der Waals surface area contributed by atoms with Crippen molar-refractivity contribution in [2.75, 3.05) is 5.32 Å². The van der Waals surface area contributed by atoms with Crippen molar-refractivity contribution in [1.29, 1.82) is 0 Å². The van der Waals surface area contributed by atoms with E-state index in [1.165, 1.54) is 4.80 Å². The molecule has 1 heterocycles. The molecule has 0 atom stereocenters. The minimum atomic E-state index is -0.173. The third-order valence-corrected chi connectivity index (χ3v) is 3.82. The number of nitrogens with one attached hydrogen (secondary N) is 1. The number of carbonyl (C=O) groups is 1. The van der Waals surface area contributed by atoms with Crippen molar-refractivity contribution in [1.82, 2.24) is 20.2 Å². The molecule has 0 saturated heterocycles. The van der Waals surface area contributed by atoms with Gasteiger partial charge in [0.05, 0.1) is 17.3 Å². The summed E-state index contributed by atoms with van der Waals surface area (Å²) in [5, 5.41) is 16.1. The average molecular weight is 362 g/mol. The van der Waals surface area contributed by atoms with Gasteiger partial charge in [-0.2, -0.15) is 4.80 Å². The summed E-state index contributed by atoms with van der Waals surface area (Å²) >= 11 is 11.9. The van der Waals surface area contributed by atoms with Crippen molar-refractivity contribution in [2.45, 2.75) is 13.0 Å². The van der Waals surface area contributed by atoms with E-state index in [1.54, 1.807) is 36.4 Å². The summed E-state index contributed by atoms with van der Waals surface area (Å²) in [6, 6.07) is 14.2. The van der Waals surface area contributed by atoms with Gasteiger partial charge in [0, 0.05) is 17.0 Å². The number of hydrogen-bond donors (Lipinski definition) is 1. The van der Waals surface area contributed by atoms with Gasteiger partial charge in [-0.15, -0.1) is 10.2 Å². The molecular formula is C16H13Cl2N5O. The third kappa shape index (κ3) is 4.10. The van der Waals surface area contributed by atoms with E-state index in [0.29, 0.717) is 28.1 Å². The molecule has 24 heavy (non-hydrogen) atoms. The van der Waals surface area contributed by atoms with Crippen molar-refractivity contribution in [2.24, 2.45) is 0 Å². The number of aromatic nitrogens is 4. The highest BCUT2D eigenvalue weighted by Gasteiger charge is 2.09. The fraction of sp³-hybridized carbons (Fsp3) is 0.125. The van der Waals surface area contributed by atoms with Crippen LogP contribution in [0.1, 0.15) is 6.42 Å². The number of anilines is 1. The Morgan fingerprint density at radius 2 is 1.83 bits per heavy atom. The summed E-state index contributed by atoms with van der Waals surface area (Å²) in [5.74, 6) is 0.312. The van der Waals surface area contributed by atoms with E-state index in [2.05, 4.69) is 20.7 Å². The van der Waals surface area contributed by atoms with Crippen LogP contribution in [0.3, 0.4) is 0 Å². The molecular weight excluding hydrogens is 349 g/mol. The molecule has 6 nitrogen and oxygen atoms in total. The molecule has 0 unspecified atom stereocenters. The standard InChI is InChI=1S/C16H13Cl2N5O/c17-12-7-5-11(6-8-12)16-20-22-23(21-16)10-9-15(24)19-14-4-2-1-3-13(14)18/h1-8H,9-10H2,(H,19,24). The van der Waals surface area contributed by atoms with Crippen LogP contribution in [-0.2, 0) is 11.3 Å². The Morgan fingerprint density at radius 3 is 2.58 bits per heavy atom. The number of benzene rings is 2. The van der Waals surface area contributed by atoms with E-state index >= 15 is 0 Å². The Balaban J connectivity index is 1.58. The van der Waals surface area contributed by atoms with E-state index in [1.807, 2.05) is 12.1 Å². The Morgan fingerprint density at radius 1 is 1.08 bits per heavy atom. The van der Waals surface area contributed by atoms with Crippen LogP contribution < -0.4 is 5.32 Å². The highest BCUT2D eigenvalue weighted by Crippen LogP contribution is 2.20. The first-order valence-corrected chi connectivity index (χ1v) is 7.95. The van der Waals surface area contributed by atoms with Gasteiger partial charge in [-0.3, -0.25) is 4.79 Å². The van der Waals surface area contributed by atoms with E-state index in [9.17, 15) is 4.79 Å². The summed E-state index contributed by atoms with van der Waals surface area (Å²) < 4.78 is 0. The van der Waals surface area contributed by atoms with Crippen LogP contribution in [0.4, 0.5) is 5.69 Å². The molecule has 1 amide bonds. The van der Waals surface area contributed by atoms with Crippen LogP contribution in [-0.4, -0.2) is 26.1 Å². The molecule has 3 rings (SSSR count). The minimum Gasteiger partial charge on any atom is -0.325 e. The topological polar surface area (TPSA) is 72.7 Å². The van der Waals surface area contributed by atoms with Crippen molar-refractivity contribution < 1.29 is 4.79 Å². The maximum absolute atomic E-state index is 12.0. The fourth-order valence-electron chi connectivity index (χ4n) is 2.03. The van der Waals surface area contributed by atoms with E-state index in [0.717, 1.165) is 5.56 Å². The molecule has 8 heteroatoms. The Kier molecular flexibility index (Phi) is 5.08. The summed E-state index contributed by atoms with van der Waals surface area (Å²) in [6.07, 6.45) is 0.210. The number of hydrogen-bond acceptors (Lipinski definition) is 4. The summed E-state index contributed by atoms with van der Waals surface area (Å²) in [7, 11) is 0. The predicted molar refractivity (Wildman–Crippen MR) is 93.0 cm³/mol. The molecule has 1 aromatic heterocycles. The van der Waals surface area contributed by atoms with E-state index < -0.39 is 0 Å². The van der Waals surface area contributed by atoms with Gasteiger partial charge in [0.1, 0.15) is 0 Å². The van der Waals surface area contributed by atoms with Gasteiger partial charge >= 0.3 is 0 Å². The number of carbonyl (C=O) groups excluding carboxylic acids is 1. The van der Waals surface area contributed by atoms with Crippen molar-refractivity contribution in [3.8, 4) is 11.4 Å². The third-order valence-electron chi connectivity index (χ3n) is 3.24. The molecule has 0 spiro atoms. The smallest absolute Gasteiger partial charge is 0.226 e. The van der Waals surface area contributed by atoms with E-state index in [4.69, 9.17) is 23.2 Å². The van der Waals surface area contributed by atoms with Crippen LogP contribution in [0.2, 0.25) is 10.0 Å². The highest BCUT2D eigenvalue weighted by atomic mass is 35.5. The Labute approximate surface area is 148 Å². The molecule has 0 fully saturated rings. The SMILES string of the molecule is O=C(CCn1nnc(-c2ccc(Cl)cc2)n1)Nc1ccccc1Cl. The average Bonchev–Trinajstić information content (AvgIpc) is 3.05. The van der Waals surface area contributed by atoms with Gasteiger partial charge in [-0.1, -0.05) is 35.3 Å². The highest BCUT2D eigenvalue weighted by molar-refractivity contribution is 6.33. The number of nitrogens with zero attached hydrogens (tertiary/aromatic N) is 4. The summed E-state index contributed by atoms with van der Waals surface area (Å²) in [4.78, 5) is 13.4. The van der Waals surface area contributed by atoms with Crippen LogP contribution in [0.25, 0.3) is 11.4 Å². The van der Waals surface area contributed by atoms with Crippen LogP contribution in [0, 0.1) is 0 Å². The fourth-order valence-corrected chi connectivity index (χ4v) is 2.34. The number of amides is 1. The second-order valence-electron chi connectivity index (χ2n) is 4.99. The predicted octanol–water partition coefficient (Wildman–Crippen LogP) is 3.68. The first kappa shape index (κ1) is 16.4. The lowest BCUT2D eigenvalue weighted by Crippen LogP contribution is -2.15. The molecule has 0 bridgehead atoms. The van der Waals surface area contributed by atoms with Gasteiger partial charge in [-0.05, 0) is 41.6 Å². The Hall–Kier alpha value is -2.44. The second kappa shape index (κ2) is 7.42. The van der Waals surface area contributed by atoms with Gasteiger partial charge in [-0.25, -0.2) is 0 Å². The zero-order valence-corrected chi connectivity index (χ0v) is 14.0. The summed E-state index contributed by atoms with van der Waals surface area (Å²) in [5.41, 5.74) is 1.39. The monoisotopic (exact) mass is 361 g/mol. The van der Waals surface area contributed by atoms with Crippen LogP contribution in [0.5, 0.6) is 0 Å². The number of halogens is 2. The molecule has 1 N–H and O–H groups in total. The lowest BCUT2D eigenvalue weighted by atomic mass is 10.2. The van der Waals surface area contributed by atoms with Gasteiger partial charge in [0.15, 0.2) is 0 Å². The molecule has 0 aliphatic rings. The molecule has 122 valence electrons. The minimum absolute atomic E-state index is 0.173. The largest absolute Gasteiger partial charge is 0.325 e. The van der Waals surface area contributed by atoms with Crippen LogP contribution in [0.15, 0.2) is 48.5 Å². The molecule has 0 saturated carbocycles. The molecule has 3 aromatic rings.